The van der Waals surface area contributed by atoms with Crippen molar-refractivity contribution in [3.8, 4) is 5.69 Å². The highest BCUT2D eigenvalue weighted by molar-refractivity contribution is 5.96. The van der Waals surface area contributed by atoms with E-state index in [4.69, 9.17) is 0 Å². The maximum Gasteiger partial charge on any atom is 0.398 e. The van der Waals surface area contributed by atoms with E-state index in [0.29, 0.717) is 35.5 Å². The molecule has 3 aromatic rings. The van der Waals surface area contributed by atoms with Gasteiger partial charge < -0.3 is 5.32 Å². The Morgan fingerprint density at radius 1 is 1.16 bits per heavy atom. The van der Waals surface area contributed by atoms with E-state index >= 15 is 0 Å². The van der Waals surface area contributed by atoms with Crippen LogP contribution in [-0.2, 0) is 18.3 Å². The first-order valence-electron chi connectivity index (χ1n) is 9.94. The quantitative estimate of drug-likeness (QED) is 0.640. The molecule has 0 bridgehead atoms. The molecule has 1 amide bonds. The molecule has 1 saturated carbocycles. The summed E-state index contributed by atoms with van der Waals surface area (Å²) in [6.07, 6.45) is -0.561. The summed E-state index contributed by atoms with van der Waals surface area (Å²) in [5.74, 6) is -0.862. The zero-order valence-electron chi connectivity index (χ0n) is 16.3. The molecule has 0 radical (unpaired) electrons. The van der Waals surface area contributed by atoms with Crippen LogP contribution in [0.5, 0.6) is 0 Å². The smallest absolute Gasteiger partial charge is 0.352 e. The van der Waals surface area contributed by atoms with Gasteiger partial charge in [-0.2, -0.15) is 18.3 Å². The number of rotatable bonds is 4. The molecule has 3 heterocycles. The summed E-state index contributed by atoms with van der Waals surface area (Å²) >= 11 is 0. The molecule has 0 atom stereocenters. The summed E-state index contributed by atoms with van der Waals surface area (Å²) in [5.41, 5.74) is 1.02. The molecule has 160 valence electrons. The molecule has 1 N–H and O–H groups in total. The Hall–Kier alpha value is -3.23. The summed E-state index contributed by atoms with van der Waals surface area (Å²) in [5, 5.41) is 7.07. The number of hydrogen-bond acceptors (Lipinski definition) is 3. The van der Waals surface area contributed by atoms with Crippen molar-refractivity contribution in [2.24, 2.45) is 0 Å². The van der Waals surface area contributed by atoms with Crippen molar-refractivity contribution in [2.45, 2.75) is 37.3 Å². The zero-order valence-corrected chi connectivity index (χ0v) is 16.3. The molecule has 0 spiro atoms. The highest BCUT2D eigenvalue weighted by Crippen LogP contribution is 2.59. The highest BCUT2D eigenvalue weighted by atomic mass is 19.4. The van der Waals surface area contributed by atoms with E-state index in [-0.39, 0.29) is 30.7 Å². The monoisotopic (exact) mass is 430 g/mol. The second-order valence-electron chi connectivity index (χ2n) is 8.03. The summed E-state index contributed by atoms with van der Waals surface area (Å²) in [4.78, 5) is 16.3. The van der Waals surface area contributed by atoms with E-state index in [1.807, 2.05) is 0 Å². The number of nitrogens with zero attached hydrogens (tertiary/aromatic N) is 3. The van der Waals surface area contributed by atoms with Crippen molar-refractivity contribution in [3.05, 3.63) is 76.6 Å². The first kappa shape index (κ1) is 19.7. The van der Waals surface area contributed by atoms with E-state index < -0.39 is 17.4 Å². The summed E-state index contributed by atoms with van der Waals surface area (Å²) < 4.78 is 56.3. The van der Waals surface area contributed by atoms with Crippen LogP contribution in [-0.4, -0.2) is 33.4 Å². The first-order chi connectivity index (χ1) is 14.8. The fourth-order valence-electron chi connectivity index (χ4n) is 4.21. The van der Waals surface area contributed by atoms with Gasteiger partial charge in [0.05, 0.1) is 28.6 Å². The Kier molecular flexibility index (Phi) is 4.39. The minimum atomic E-state index is -4.40. The molecule has 0 saturated heterocycles. The third-order valence-electron chi connectivity index (χ3n) is 5.99. The van der Waals surface area contributed by atoms with Crippen LogP contribution in [0.15, 0.2) is 42.7 Å². The topological polar surface area (TPSA) is 59.8 Å². The van der Waals surface area contributed by atoms with Crippen molar-refractivity contribution in [1.29, 1.82) is 0 Å². The highest BCUT2D eigenvalue weighted by Gasteiger charge is 2.64. The van der Waals surface area contributed by atoms with Gasteiger partial charge >= 0.3 is 6.18 Å². The molecule has 2 aromatic heterocycles. The van der Waals surface area contributed by atoms with Gasteiger partial charge in [0.2, 0.25) is 0 Å². The van der Waals surface area contributed by atoms with Crippen LogP contribution in [0.3, 0.4) is 0 Å². The van der Waals surface area contributed by atoms with E-state index in [9.17, 15) is 22.4 Å². The van der Waals surface area contributed by atoms with Crippen LogP contribution >= 0.6 is 0 Å². The lowest BCUT2D eigenvalue weighted by atomic mass is 9.92. The predicted octanol–water partition coefficient (Wildman–Crippen LogP) is 3.88. The molecule has 5 nitrogen and oxygen atoms in total. The molecular weight excluding hydrogens is 412 g/mol. The molecule has 1 aliphatic carbocycles. The largest absolute Gasteiger partial charge is 0.398 e. The lowest BCUT2D eigenvalue weighted by Crippen LogP contribution is -2.32. The Labute approximate surface area is 175 Å². The lowest BCUT2D eigenvalue weighted by molar-refractivity contribution is -0.160. The molecule has 2 aliphatic rings. The fraction of sp³-hybridized carbons (Fsp3) is 0.318. The third-order valence-corrected chi connectivity index (χ3v) is 5.99. The van der Waals surface area contributed by atoms with E-state index in [1.165, 1.54) is 18.3 Å². The number of nitrogens with one attached hydrogen (secondary N) is 1. The number of aromatic nitrogens is 3. The first-order valence-corrected chi connectivity index (χ1v) is 9.94. The SMILES string of the molecule is O=C1NCCc2c1cnn2-c1ccnc(Cc2cc(F)cc(C3(C(F)(F)F)CC3)c2)c1. The van der Waals surface area contributed by atoms with Gasteiger partial charge in [-0.3, -0.25) is 9.78 Å². The summed E-state index contributed by atoms with van der Waals surface area (Å²) in [6.45, 7) is 0.516. The van der Waals surface area contributed by atoms with Gasteiger partial charge in [-0.1, -0.05) is 6.07 Å². The standard InChI is InChI=1S/C22H18F4N4O/c23-15-8-13(7-14(10-15)21(3-4-21)22(24,25)26)9-16-11-17(1-5-27-16)30-19-2-6-28-20(31)18(19)12-29-30/h1,5,7-8,10-12H,2-4,6,9H2,(H,28,31). The van der Waals surface area contributed by atoms with Crippen LogP contribution in [0, 0.1) is 5.82 Å². The number of hydrogen-bond donors (Lipinski definition) is 1. The fourth-order valence-corrected chi connectivity index (χ4v) is 4.21. The number of amides is 1. The van der Waals surface area contributed by atoms with Crippen molar-refractivity contribution in [3.63, 3.8) is 0 Å². The molecule has 5 rings (SSSR count). The second-order valence-corrected chi connectivity index (χ2v) is 8.03. The molecule has 1 aromatic carbocycles. The lowest BCUT2D eigenvalue weighted by Gasteiger charge is -2.20. The molecular formula is C22H18F4N4O. The van der Waals surface area contributed by atoms with Gasteiger partial charge in [0.1, 0.15) is 5.82 Å². The molecule has 0 unspecified atom stereocenters. The van der Waals surface area contributed by atoms with Crippen LogP contribution in [0.2, 0.25) is 0 Å². The van der Waals surface area contributed by atoms with Gasteiger partial charge in [0, 0.05) is 31.3 Å². The molecule has 1 fully saturated rings. The normalized spacial score (nSPS) is 17.2. The van der Waals surface area contributed by atoms with Crippen LogP contribution in [0.4, 0.5) is 17.6 Å². The Morgan fingerprint density at radius 3 is 2.71 bits per heavy atom. The van der Waals surface area contributed by atoms with Crippen LogP contribution in [0.1, 0.15) is 45.7 Å². The van der Waals surface area contributed by atoms with Crippen molar-refractivity contribution in [1.82, 2.24) is 20.1 Å². The molecule has 31 heavy (non-hydrogen) atoms. The number of fused-ring (bicyclic) bond motifs is 1. The average Bonchev–Trinajstić information content (AvgIpc) is 3.42. The van der Waals surface area contributed by atoms with E-state index in [0.717, 1.165) is 11.8 Å². The maximum atomic E-state index is 14.2. The summed E-state index contributed by atoms with van der Waals surface area (Å²) in [7, 11) is 0. The zero-order chi connectivity index (χ0) is 21.8. The summed E-state index contributed by atoms with van der Waals surface area (Å²) in [6, 6.07) is 7.14. The Morgan fingerprint density at radius 2 is 1.97 bits per heavy atom. The molecule has 1 aliphatic heterocycles. The van der Waals surface area contributed by atoms with Gasteiger partial charge in [0.25, 0.3) is 5.91 Å². The van der Waals surface area contributed by atoms with E-state index in [2.05, 4.69) is 15.4 Å². The number of carbonyl (C=O) groups excluding carboxylic acids is 1. The van der Waals surface area contributed by atoms with Gasteiger partial charge in [-0.25, -0.2) is 9.07 Å². The number of pyridine rings is 1. The minimum Gasteiger partial charge on any atom is -0.352 e. The third kappa shape index (κ3) is 3.37. The van der Waals surface area contributed by atoms with Gasteiger partial charge in [0.15, 0.2) is 0 Å². The number of halogens is 4. The number of alkyl halides is 3. The van der Waals surface area contributed by atoms with Crippen LogP contribution in [0.25, 0.3) is 5.69 Å². The van der Waals surface area contributed by atoms with Gasteiger partial charge in [-0.05, 0) is 48.2 Å². The van der Waals surface area contributed by atoms with Crippen molar-refractivity contribution in [2.75, 3.05) is 6.54 Å². The molecule has 9 heteroatoms. The minimum absolute atomic E-state index is 0.0227. The number of benzene rings is 1. The van der Waals surface area contributed by atoms with Crippen molar-refractivity contribution < 1.29 is 22.4 Å². The second kappa shape index (κ2) is 6.90. The number of carbonyl (C=O) groups is 1. The van der Waals surface area contributed by atoms with Gasteiger partial charge in [-0.15, -0.1) is 0 Å². The Balaban J connectivity index is 1.46. The average molecular weight is 430 g/mol. The Bertz CT molecular complexity index is 1180. The van der Waals surface area contributed by atoms with E-state index in [1.54, 1.807) is 23.0 Å². The van der Waals surface area contributed by atoms with Crippen LogP contribution < -0.4 is 5.32 Å². The maximum absolute atomic E-state index is 14.2. The van der Waals surface area contributed by atoms with Crippen molar-refractivity contribution >= 4 is 5.91 Å². The predicted molar refractivity (Wildman–Crippen MR) is 104 cm³/mol.